The van der Waals surface area contributed by atoms with Gasteiger partial charge in [-0.05, 0) is 17.7 Å². The molecular formula is C11H10BrNO2. The molecule has 4 rings (SSSR count). The maximum Gasteiger partial charge on any atom is 0.408 e. The van der Waals surface area contributed by atoms with E-state index in [4.69, 9.17) is 4.74 Å². The molecular weight excluding hydrogens is 258 g/mol. The molecule has 1 saturated carbocycles. The van der Waals surface area contributed by atoms with Gasteiger partial charge in [-0.2, -0.15) is 0 Å². The molecule has 1 aliphatic carbocycles. The lowest BCUT2D eigenvalue weighted by molar-refractivity contribution is -0.104. The first-order valence-corrected chi connectivity index (χ1v) is 5.73. The third kappa shape index (κ3) is 1.35. The topological polar surface area (TPSA) is 38.3 Å². The quantitative estimate of drug-likeness (QED) is 0.850. The normalized spacial score (nSPS) is 32.6. The summed E-state index contributed by atoms with van der Waals surface area (Å²) in [4.78, 5) is 11.2. The molecule has 0 unspecified atom stereocenters. The Morgan fingerprint density at radius 3 is 2.60 bits per heavy atom. The van der Waals surface area contributed by atoms with Crippen LogP contribution in [0.15, 0.2) is 28.7 Å². The van der Waals surface area contributed by atoms with Crippen molar-refractivity contribution in [1.82, 2.24) is 5.32 Å². The van der Waals surface area contributed by atoms with Crippen molar-refractivity contribution < 1.29 is 9.53 Å². The van der Waals surface area contributed by atoms with Crippen LogP contribution in [0.25, 0.3) is 0 Å². The number of nitrogens with one attached hydrogen (secondary N) is 1. The molecule has 0 atom stereocenters. The van der Waals surface area contributed by atoms with Gasteiger partial charge in [-0.15, -0.1) is 0 Å². The summed E-state index contributed by atoms with van der Waals surface area (Å²) in [5.74, 6) is 0. The van der Waals surface area contributed by atoms with E-state index in [1.165, 1.54) is 0 Å². The highest BCUT2D eigenvalue weighted by Gasteiger charge is 2.53. The van der Waals surface area contributed by atoms with Crippen LogP contribution >= 0.6 is 15.9 Å². The van der Waals surface area contributed by atoms with E-state index < -0.39 is 0 Å². The maximum absolute atomic E-state index is 11.2. The number of alkyl carbamates (subject to hydrolysis) is 1. The first-order valence-electron chi connectivity index (χ1n) is 4.94. The number of carbonyl (C=O) groups is 1. The Morgan fingerprint density at radius 2 is 2.00 bits per heavy atom. The Hall–Kier alpha value is -1.03. The van der Waals surface area contributed by atoms with E-state index in [1.807, 2.05) is 24.3 Å². The van der Waals surface area contributed by atoms with Crippen molar-refractivity contribution in [3.8, 4) is 0 Å². The van der Waals surface area contributed by atoms with E-state index in [2.05, 4.69) is 21.2 Å². The Kier molecular flexibility index (Phi) is 1.83. The maximum atomic E-state index is 11.2. The van der Waals surface area contributed by atoms with Gasteiger partial charge in [0.05, 0.1) is 0 Å². The Morgan fingerprint density at radius 1 is 1.33 bits per heavy atom. The lowest BCUT2D eigenvalue weighted by Crippen LogP contribution is -2.62. The fraction of sp³-hybridized carbons (Fsp3) is 0.364. The highest BCUT2D eigenvalue weighted by Crippen LogP contribution is 2.47. The van der Waals surface area contributed by atoms with Crippen LogP contribution in [0.3, 0.4) is 0 Å². The monoisotopic (exact) mass is 267 g/mol. The van der Waals surface area contributed by atoms with Crippen LogP contribution in [0.2, 0.25) is 0 Å². The van der Waals surface area contributed by atoms with Crippen LogP contribution in [0.1, 0.15) is 18.4 Å². The first-order chi connectivity index (χ1) is 7.18. The van der Waals surface area contributed by atoms with Gasteiger partial charge in [0.15, 0.2) is 0 Å². The van der Waals surface area contributed by atoms with Gasteiger partial charge in [0, 0.05) is 23.4 Å². The summed E-state index contributed by atoms with van der Waals surface area (Å²) in [5, 5.41) is 2.78. The first kappa shape index (κ1) is 9.21. The number of ether oxygens (including phenoxy) is 1. The molecule has 1 aromatic carbocycles. The second kappa shape index (κ2) is 2.98. The van der Waals surface area contributed by atoms with Crippen molar-refractivity contribution >= 4 is 22.0 Å². The molecule has 1 amide bonds. The molecule has 3 nitrogen and oxygen atoms in total. The minimum absolute atomic E-state index is 0.291. The molecule has 2 heterocycles. The summed E-state index contributed by atoms with van der Waals surface area (Å²) < 4.78 is 6.44. The zero-order chi connectivity index (χ0) is 10.5. The van der Waals surface area contributed by atoms with Crippen LogP contribution < -0.4 is 5.32 Å². The van der Waals surface area contributed by atoms with Crippen LogP contribution in [-0.4, -0.2) is 12.1 Å². The van der Waals surface area contributed by atoms with Gasteiger partial charge in [-0.3, -0.25) is 0 Å². The average molecular weight is 268 g/mol. The van der Waals surface area contributed by atoms with Crippen molar-refractivity contribution in [2.24, 2.45) is 0 Å². The van der Waals surface area contributed by atoms with Crippen molar-refractivity contribution in [3.05, 3.63) is 34.3 Å². The fourth-order valence-corrected chi connectivity index (χ4v) is 2.61. The molecule has 3 fully saturated rings. The lowest BCUT2D eigenvalue weighted by atomic mass is 9.70. The van der Waals surface area contributed by atoms with Gasteiger partial charge in [0.25, 0.3) is 0 Å². The molecule has 2 saturated heterocycles. The third-order valence-electron chi connectivity index (χ3n) is 3.13. The number of fused-ring (bicyclic) bond motifs is 2. The Balaban J connectivity index is 1.93. The van der Waals surface area contributed by atoms with E-state index in [0.717, 1.165) is 22.9 Å². The van der Waals surface area contributed by atoms with Gasteiger partial charge in [0.1, 0.15) is 5.60 Å². The third-order valence-corrected chi connectivity index (χ3v) is 3.66. The Labute approximate surface area is 95.9 Å². The van der Waals surface area contributed by atoms with Crippen molar-refractivity contribution in [1.29, 1.82) is 0 Å². The molecule has 2 aliphatic heterocycles. The summed E-state index contributed by atoms with van der Waals surface area (Å²) in [6, 6.07) is 8.29. The molecule has 15 heavy (non-hydrogen) atoms. The van der Waals surface area contributed by atoms with Crippen LogP contribution in [-0.2, 0) is 10.3 Å². The van der Waals surface area contributed by atoms with E-state index >= 15 is 0 Å². The van der Waals surface area contributed by atoms with E-state index in [-0.39, 0.29) is 11.7 Å². The van der Waals surface area contributed by atoms with E-state index in [0.29, 0.717) is 6.04 Å². The standard InChI is InChI=1S/C11H10BrNO2/c12-8-3-1-7(2-4-8)11-5-9(6-11)13-10(14)15-11/h1-4,9H,5-6H2,(H,13,14). The van der Waals surface area contributed by atoms with Crippen LogP contribution in [0.5, 0.6) is 0 Å². The number of amides is 1. The number of hydrogen-bond acceptors (Lipinski definition) is 2. The largest absolute Gasteiger partial charge is 0.438 e. The van der Waals surface area contributed by atoms with Crippen LogP contribution in [0.4, 0.5) is 4.79 Å². The molecule has 3 aliphatic rings. The second-order valence-corrected chi connectivity index (χ2v) is 5.06. The van der Waals surface area contributed by atoms with Crippen molar-refractivity contribution in [2.45, 2.75) is 24.5 Å². The number of hydrogen-bond donors (Lipinski definition) is 1. The zero-order valence-corrected chi connectivity index (χ0v) is 9.58. The minimum atomic E-state index is -0.353. The van der Waals surface area contributed by atoms with Crippen molar-refractivity contribution in [2.75, 3.05) is 0 Å². The van der Waals surface area contributed by atoms with Gasteiger partial charge < -0.3 is 10.1 Å². The fourth-order valence-electron chi connectivity index (χ4n) is 2.34. The molecule has 0 radical (unpaired) electrons. The predicted octanol–water partition coefficient (Wildman–Crippen LogP) is 2.55. The summed E-state index contributed by atoms with van der Waals surface area (Å²) in [6.45, 7) is 0. The summed E-state index contributed by atoms with van der Waals surface area (Å²) in [6.07, 6.45) is 1.49. The second-order valence-electron chi connectivity index (χ2n) is 4.14. The SMILES string of the molecule is O=C1NC2CC(c3ccc(Br)cc3)(C2)O1. The van der Waals surface area contributed by atoms with Gasteiger partial charge in [-0.1, -0.05) is 28.1 Å². The number of halogens is 1. The molecule has 1 aromatic rings. The predicted molar refractivity (Wildman–Crippen MR) is 58.5 cm³/mol. The lowest BCUT2D eigenvalue weighted by Gasteiger charge is -2.51. The molecule has 4 heteroatoms. The molecule has 0 spiro atoms. The van der Waals surface area contributed by atoms with Gasteiger partial charge in [0.2, 0.25) is 0 Å². The minimum Gasteiger partial charge on any atom is -0.438 e. The van der Waals surface area contributed by atoms with Gasteiger partial charge >= 0.3 is 6.09 Å². The Bertz CT molecular complexity index is 409. The molecule has 0 aromatic heterocycles. The summed E-state index contributed by atoms with van der Waals surface area (Å²) in [7, 11) is 0. The highest BCUT2D eigenvalue weighted by molar-refractivity contribution is 9.10. The summed E-state index contributed by atoms with van der Waals surface area (Å²) >= 11 is 3.39. The van der Waals surface area contributed by atoms with E-state index in [9.17, 15) is 4.79 Å². The summed E-state index contributed by atoms with van der Waals surface area (Å²) in [5.41, 5.74) is 0.741. The van der Waals surface area contributed by atoms with Crippen molar-refractivity contribution in [3.63, 3.8) is 0 Å². The number of benzene rings is 1. The molecule has 78 valence electrons. The highest BCUT2D eigenvalue weighted by atomic mass is 79.9. The average Bonchev–Trinajstić information content (AvgIpc) is 2.16. The zero-order valence-electron chi connectivity index (χ0n) is 8.00. The van der Waals surface area contributed by atoms with E-state index in [1.54, 1.807) is 0 Å². The van der Waals surface area contributed by atoms with Crippen LogP contribution in [0, 0.1) is 0 Å². The van der Waals surface area contributed by atoms with Gasteiger partial charge in [-0.25, -0.2) is 4.79 Å². The number of carbonyl (C=O) groups excluding carboxylic acids is 1. The molecule has 1 N–H and O–H groups in total. The molecule has 2 bridgehead atoms. The number of rotatable bonds is 1. The smallest absolute Gasteiger partial charge is 0.408 e.